The number of esters is 1. The molecule has 1 N–H and O–H groups in total. The summed E-state index contributed by atoms with van der Waals surface area (Å²) in [7, 11) is 0. The summed E-state index contributed by atoms with van der Waals surface area (Å²) in [5.74, 6) is -2.46. The van der Waals surface area contributed by atoms with Gasteiger partial charge in [0.25, 0.3) is 0 Å². The number of hydrogen-bond acceptors (Lipinski definition) is 6. The van der Waals surface area contributed by atoms with Gasteiger partial charge in [-0.3, -0.25) is 14.4 Å². The third kappa shape index (κ3) is 4.55. The molecule has 0 aliphatic carbocycles. The van der Waals surface area contributed by atoms with Crippen LogP contribution in [0.15, 0.2) is 25.3 Å². The number of nitrogens with zero attached hydrogens (tertiary/aromatic N) is 2. The van der Waals surface area contributed by atoms with Crippen molar-refractivity contribution in [1.82, 2.24) is 9.80 Å². The van der Waals surface area contributed by atoms with E-state index in [-0.39, 0.29) is 37.0 Å². The summed E-state index contributed by atoms with van der Waals surface area (Å²) >= 11 is 0. The summed E-state index contributed by atoms with van der Waals surface area (Å²) in [6, 6.07) is -1.60. The minimum Gasteiger partial charge on any atom is -0.465 e. The average molecular weight is 491 g/mol. The molecule has 35 heavy (non-hydrogen) atoms. The maximum atomic E-state index is 14.2. The van der Waals surface area contributed by atoms with Crippen LogP contribution in [0, 0.1) is 17.8 Å². The molecule has 6 atom stereocenters. The zero-order chi connectivity index (χ0) is 26.1. The summed E-state index contributed by atoms with van der Waals surface area (Å²) in [6.07, 6.45) is 5.42. The number of hydrogen-bond donors (Lipinski definition) is 1. The van der Waals surface area contributed by atoms with E-state index in [0.717, 1.165) is 0 Å². The maximum Gasteiger partial charge on any atom is 0.312 e. The van der Waals surface area contributed by atoms with Crippen molar-refractivity contribution in [2.24, 2.45) is 17.8 Å². The molecule has 0 saturated carbocycles. The Morgan fingerprint density at radius 3 is 2.49 bits per heavy atom. The molecule has 3 aliphatic rings. The van der Waals surface area contributed by atoms with Gasteiger partial charge in [-0.25, -0.2) is 0 Å². The Hall–Kier alpha value is -2.19. The topological polar surface area (TPSA) is 96.4 Å². The van der Waals surface area contributed by atoms with Crippen molar-refractivity contribution in [2.45, 2.75) is 89.6 Å². The van der Waals surface area contributed by atoms with E-state index in [9.17, 15) is 19.5 Å². The molecule has 8 heteroatoms. The number of likely N-dealkylation sites (tertiary alicyclic amines) is 1. The second kappa shape index (κ2) is 10.4. The van der Waals surface area contributed by atoms with Crippen LogP contribution in [0.1, 0.15) is 60.3 Å². The zero-order valence-electron chi connectivity index (χ0n) is 21.9. The molecule has 3 rings (SSSR count). The molecule has 2 amide bonds. The van der Waals surface area contributed by atoms with Crippen LogP contribution < -0.4 is 0 Å². The van der Waals surface area contributed by atoms with E-state index in [1.807, 2.05) is 34.6 Å². The number of carbonyl (C=O) groups excluding carboxylic acids is 3. The van der Waals surface area contributed by atoms with Crippen LogP contribution in [0.25, 0.3) is 0 Å². The van der Waals surface area contributed by atoms with E-state index < -0.39 is 41.1 Å². The first kappa shape index (κ1) is 27.4. The van der Waals surface area contributed by atoms with Crippen molar-refractivity contribution in [2.75, 3.05) is 19.8 Å². The van der Waals surface area contributed by atoms with Crippen molar-refractivity contribution in [1.29, 1.82) is 0 Å². The van der Waals surface area contributed by atoms with Crippen LogP contribution in [0.3, 0.4) is 0 Å². The lowest BCUT2D eigenvalue weighted by Gasteiger charge is -2.40. The molecule has 8 nitrogen and oxygen atoms in total. The second-order valence-electron chi connectivity index (χ2n) is 11.1. The Labute approximate surface area is 209 Å². The molecular weight excluding hydrogens is 448 g/mol. The van der Waals surface area contributed by atoms with Crippen molar-refractivity contribution in [3.8, 4) is 0 Å². The molecule has 3 heterocycles. The molecule has 2 bridgehead atoms. The summed E-state index contributed by atoms with van der Waals surface area (Å²) in [5.41, 5.74) is -2.02. The molecule has 0 aromatic carbocycles. The van der Waals surface area contributed by atoms with Crippen molar-refractivity contribution < 1.29 is 29.0 Å². The molecular formula is C27H42N2O6. The van der Waals surface area contributed by atoms with Gasteiger partial charge in [0, 0.05) is 12.6 Å². The van der Waals surface area contributed by atoms with E-state index in [1.54, 1.807) is 22.0 Å². The highest BCUT2D eigenvalue weighted by molar-refractivity contribution is 5.98. The standard InChI is InChI=1S/C27H42N2O6/c1-8-10-14-34-25(33)21-20-23(31)29(19(16-30)15-17(3)4)22(24(32)28(13-9-2)18(5)6)27(20)12-11-26(21,7)35-27/h8-9,17-22,30H,1-2,10-16H2,3-7H3/t19-,20+,21-,22?,26+,27?/m1/s1. The molecule has 0 aromatic rings. The Balaban J connectivity index is 2.10. The molecule has 0 aromatic heterocycles. The lowest BCUT2D eigenvalue weighted by atomic mass is 9.66. The number of aliphatic hydroxyl groups is 1. The molecule has 3 fully saturated rings. The smallest absolute Gasteiger partial charge is 0.312 e. The molecule has 0 radical (unpaired) electrons. The Morgan fingerprint density at radius 1 is 1.26 bits per heavy atom. The number of amides is 2. The summed E-state index contributed by atoms with van der Waals surface area (Å²) in [5, 5.41) is 10.3. The SMILES string of the molecule is C=CCCOC(=O)[C@H]1[C@H]2C(=O)N([C@@H](CO)CC(C)C)C(C(=O)N(CC=C)C(C)C)C23CC[C@]1(C)O3. The van der Waals surface area contributed by atoms with E-state index in [4.69, 9.17) is 9.47 Å². The number of fused-ring (bicyclic) bond motifs is 1. The number of carbonyl (C=O) groups is 3. The minimum absolute atomic E-state index is 0.126. The third-order valence-corrected chi connectivity index (χ3v) is 7.85. The van der Waals surface area contributed by atoms with Crippen LogP contribution in [0.2, 0.25) is 0 Å². The number of rotatable bonds is 12. The van der Waals surface area contributed by atoms with Gasteiger partial charge in [-0.1, -0.05) is 26.0 Å². The normalized spacial score (nSPS) is 32.2. The minimum atomic E-state index is -1.14. The van der Waals surface area contributed by atoms with Gasteiger partial charge in [-0.2, -0.15) is 0 Å². The van der Waals surface area contributed by atoms with Gasteiger partial charge in [0.15, 0.2) is 0 Å². The highest BCUT2D eigenvalue weighted by atomic mass is 16.6. The van der Waals surface area contributed by atoms with Gasteiger partial charge >= 0.3 is 5.97 Å². The summed E-state index contributed by atoms with van der Waals surface area (Å²) in [6.45, 7) is 17.4. The lowest BCUT2D eigenvalue weighted by Crippen LogP contribution is -2.60. The molecule has 2 unspecified atom stereocenters. The van der Waals surface area contributed by atoms with E-state index in [2.05, 4.69) is 13.2 Å². The third-order valence-electron chi connectivity index (χ3n) is 7.85. The largest absolute Gasteiger partial charge is 0.465 e. The van der Waals surface area contributed by atoms with Gasteiger partial charge in [0.05, 0.1) is 30.8 Å². The lowest BCUT2D eigenvalue weighted by molar-refractivity contribution is -0.162. The number of aliphatic hydroxyl groups excluding tert-OH is 1. The van der Waals surface area contributed by atoms with E-state index in [1.165, 1.54) is 0 Å². The Bertz CT molecular complexity index is 857. The Kier molecular flexibility index (Phi) is 8.16. The van der Waals surface area contributed by atoms with Gasteiger partial charge in [-0.15, -0.1) is 13.2 Å². The first-order valence-electron chi connectivity index (χ1n) is 12.8. The van der Waals surface area contributed by atoms with Gasteiger partial charge in [-0.05, 0) is 52.4 Å². The van der Waals surface area contributed by atoms with E-state index in [0.29, 0.717) is 32.2 Å². The van der Waals surface area contributed by atoms with Crippen LogP contribution in [-0.2, 0) is 23.9 Å². The molecule has 1 spiro atoms. The van der Waals surface area contributed by atoms with Crippen molar-refractivity contribution in [3.05, 3.63) is 25.3 Å². The highest BCUT2D eigenvalue weighted by Gasteiger charge is 2.79. The van der Waals surface area contributed by atoms with Gasteiger partial charge < -0.3 is 24.4 Å². The molecule has 3 saturated heterocycles. The highest BCUT2D eigenvalue weighted by Crippen LogP contribution is 2.63. The first-order valence-corrected chi connectivity index (χ1v) is 12.8. The second-order valence-corrected chi connectivity index (χ2v) is 11.1. The number of ether oxygens (including phenoxy) is 2. The maximum absolute atomic E-state index is 14.2. The fraction of sp³-hybridized carbons (Fsp3) is 0.741. The summed E-state index contributed by atoms with van der Waals surface area (Å²) in [4.78, 5) is 44.8. The predicted molar refractivity (Wildman–Crippen MR) is 132 cm³/mol. The van der Waals surface area contributed by atoms with Crippen LogP contribution in [0.4, 0.5) is 0 Å². The first-order chi connectivity index (χ1) is 16.5. The van der Waals surface area contributed by atoms with Crippen LogP contribution >= 0.6 is 0 Å². The molecule has 3 aliphatic heterocycles. The fourth-order valence-electron chi connectivity index (χ4n) is 6.40. The van der Waals surface area contributed by atoms with Crippen LogP contribution in [0.5, 0.6) is 0 Å². The van der Waals surface area contributed by atoms with Crippen molar-refractivity contribution in [3.63, 3.8) is 0 Å². The zero-order valence-corrected chi connectivity index (χ0v) is 21.9. The molecule has 196 valence electrons. The van der Waals surface area contributed by atoms with Gasteiger partial charge in [0.1, 0.15) is 17.6 Å². The van der Waals surface area contributed by atoms with Crippen LogP contribution in [-0.4, -0.2) is 81.8 Å². The Morgan fingerprint density at radius 2 is 1.94 bits per heavy atom. The quantitative estimate of drug-likeness (QED) is 0.257. The monoisotopic (exact) mass is 490 g/mol. The fourth-order valence-corrected chi connectivity index (χ4v) is 6.40. The van der Waals surface area contributed by atoms with E-state index >= 15 is 0 Å². The predicted octanol–water partition coefficient (Wildman–Crippen LogP) is 2.70. The summed E-state index contributed by atoms with van der Waals surface area (Å²) < 4.78 is 12.1. The average Bonchev–Trinajstić information content (AvgIpc) is 3.36. The van der Waals surface area contributed by atoms with Gasteiger partial charge in [0.2, 0.25) is 11.8 Å². The van der Waals surface area contributed by atoms with Crippen molar-refractivity contribution >= 4 is 17.8 Å².